The molecular weight excluding hydrogens is 314 g/mol. The lowest BCUT2D eigenvalue weighted by Crippen LogP contribution is -2.07. The molecule has 0 heterocycles. The molecule has 0 fully saturated rings. The molecule has 0 N–H and O–H groups in total. The highest BCUT2D eigenvalue weighted by Crippen LogP contribution is 2.57. The monoisotopic (exact) mass is 345 g/mol. The van der Waals surface area contributed by atoms with Gasteiger partial charge in [-0.1, -0.05) is 40.0 Å². The van der Waals surface area contributed by atoms with E-state index in [2.05, 4.69) is 27.4 Å². The van der Waals surface area contributed by atoms with Crippen LogP contribution in [0.1, 0.15) is 59.3 Å². The number of hydrogen-bond donors (Lipinski definition) is 0. The fourth-order valence-electron chi connectivity index (χ4n) is 1.95. The molecular formula is C13H31IP. The third-order valence-electron chi connectivity index (χ3n) is 3.15. The van der Waals surface area contributed by atoms with Crippen LogP contribution in [0.3, 0.4) is 0 Å². The number of rotatable bonds is 9. The maximum absolute atomic E-state index is 2.62. The minimum absolute atomic E-state index is 0. The highest BCUT2D eigenvalue weighted by Gasteiger charge is 2.18. The zero-order valence-corrected chi connectivity index (χ0v) is 14.4. The summed E-state index contributed by atoms with van der Waals surface area (Å²) in [6.07, 6.45) is 13.2. The van der Waals surface area contributed by atoms with E-state index in [0.29, 0.717) is 0 Å². The summed E-state index contributed by atoms with van der Waals surface area (Å²) in [6, 6.07) is 0. The first kappa shape index (κ1) is 18.5. The fourth-order valence-corrected chi connectivity index (χ4v) is 5.86. The SMILES string of the molecule is CCCC[P](C)(CCCC)CCCC.I. The summed E-state index contributed by atoms with van der Waals surface area (Å²) in [6.45, 7) is 9.59. The van der Waals surface area contributed by atoms with Gasteiger partial charge in [0, 0.05) is 0 Å². The van der Waals surface area contributed by atoms with Crippen molar-refractivity contribution in [2.45, 2.75) is 59.3 Å². The first-order chi connectivity index (χ1) is 6.68. The van der Waals surface area contributed by atoms with Gasteiger partial charge in [0.05, 0.1) is 0 Å². The van der Waals surface area contributed by atoms with Crippen LogP contribution in [0, 0.1) is 0 Å². The van der Waals surface area contributed by atoms with Crippen LogP contribution in [-0.4, -0.2) is 25.2 Å². The quantitative estimate of drug-likeness (QED) is 0.374. The second-order valence-electron chi connectivity index (χ2n) is 4.85. The van der Waals surface area contributed by atoms with Crippen molar-refractivity contribution in [2.75, 3.05) is 25.2 Å². The van der Waals surface area contributed by atoms with Crippen molar-refractivity contribution >= 4 is 31.2 Å². The largest absolute Gasteiger partial charge is 0.128 e. The average Bonchev–Trinajstić information content (AvgIpc) is 2.21. The van der Waals surface area contributed by atoms with Crippen LogP contribution >= 0.6 is 31.2 Å². The molecule has 15 heavy (non-hydrogen) atoms. The lowest BCUT2D eigenvalue weighted by atomic mass is 10.4. The van der Waals surface area contributed by atoms with Gasteiger partial charge in [0.1, 0.15) is 0 Å². The molecule has 0 aliphatic rings. The second kappa shape index (κ2) is 11.6. The standard InChI is InChI=1S/C13H30P.HI/c1-5-8-11-14(4,12-9-6-2)13-10-7-3;/h5-13H2,1-4H3;1H. The van der Waals surface area contributed by atoms with Gasteiger partial charge >= 0.3 is 0 Å². The van der Waals surface area contributed by atoms with E-state index in [4.69, 9.17) is 0 Å². The van der Waals surface area contributed by atoms with Crippen LogP contribution in [0.5, 0.6) is 0 Å². The number of halogens is 1. The molecule has 0 rings (SSSR count). The average molecular weight is 345 g/mol. The van der Waals surface area contributed by atoms with E-state index in [1.54, 1.807) is 18.5 Å². The molecule has 0 nitrogen and oxygen atoms in total. The van der Waals surface area contributed by atoms with E-state index < -0.39 is 7.26 Å². The topological polar surface area (TPSA) is 0 Å². The summed E-state index contributed by atoms with van der Waals surface area (Å²) >= 11 is 0. The maximum Gasteiger partial charge on any atom is -0.0362 e. The molecule has 0 unspecified atom stereocenters. The zero-order valence-electron chi connectivity index (χ0n) is 11.2. The molecule has 0 atom stereocenters. The van der Waals surface area contributed by atoms with E-state index in [1.165, 1.54) is 38.5 Å². The fraction of sp³-hybridized carbons (Fsp3) is 1.00. The van der Waals surface area contributed by atoms with Crippen molar-refractivity contribution in [3.63, 3.8) is 0 Å². The second-order valence-corrected chi connectivity index (χ2v) is 9.43. The first-order valence-electron chi connectivity index (χ1n) is 6.52. The van der Waals surface area contributed by atoms with Crippen molar-refractivity contribution in [1.82, 2.24) is 0 Å². The Hall–Kier alpha value is 1.16. The molecule has 0 spiro atoms. The normalized spacial score (nSPS) is 11.2. The maximum atomic E-state index is 2.62. The summed E-state index contributed by atoms with van der Waals surface area (Å²) in [5.41, 5.74) is 0. The highest BCUT2D eigenvalue weighted by molar-refractivity contribution is 14.0. The Kier molecular flexibility index (Phi) is 14.4. The molecule has 0 aromatic rings. The Labute approximate surface area is 115 Å². The summed E-state index contributed by atoms with van der Waals surface area (Å²) < 4.78 is 0. The van der Waals surface area contributed by atoms with Crippen LogP contribution in [-0.2, 0) is 0 Å². The van der Waals surface area contributed by atoms with Gasteiger partial charge < -0.3 is 0 Å². The predicted molar refractivity (Wildman–Crippen MR) is 87.6 cm³/mol. The third-order valence-corrected chi connectivity index (χ3v) is 7.34. The molecule has 0 saturated carbocycles. The summed E-state index contributed by atoms with van der Waals surface area (Å²) in [5.74, 6) is 0. The molecule has 2 heteroatoms. The van der Waals surface area contributed by atoms with Crippen molar-refractivity contribution in [3.05, 3.63) is 0 Å². The molecule has 0 bridgehead atoms. The van der Waals surface area contributed by atoms with Crippen molar-refractivity contribution in [2.24, 2.45) is 0 Å². The van der Waals surface area contributed by atoms with Gasteiger partial charge in [0.2, 0.25) is 0 Å². The van der Waals surface area contributed by atoms with Crippen LogP contribution in [0.15, 0.2) is 0 Å². The molecule has 0 aromatic carbocycles. The van der Waals surface area contributed by atoms with Gasteiger partial charge in [-0.3, -0.25) is 0 Å². The Bertz CT molecular complexity index is 104. The van der Waals surface area contributed by atoms with Crippen LogP contribution < -0.4 is 0 Å². The molecule has 0 saturated heterocycles. The minimum Gasteiger partial charge on any atom is -0.128 e. The van der Waals surface area contributed by atoms with Gasteiger partial charge in [0.25, 0.3) is 0 Å². The van der Waals surface area contributed by atoms with Crippen molar-refractivity contribution in [3.8, 4) is 0 Å². The lowest BCUT2D eigenvalue weighted by Gasteiger charge is -2.32. The predicted octanol–water partition coefficient (Wildman–Crippen LogP) is 5.65. The summed E-state index contributed by atoms with van der Waals surface area (Å²) in [4.78, 5) is 0. The smallest absolute Gasteiger partial charge is 0.0362 e. The van der Waals surface area contributed by atoms with Crippen LogP contribution in [0.4, 0.5) is 0 Å². The van der Waals surface area contributed by atoms with Gasteiger partial charge in [-0.2, -0.15) is 0 Å². The molecule has 0 aliphatic carbocycles. The number of hydrogen-bond acceptors (Lipinski definition) is 0. The van der Waals surface area contributed by atoms with Gasteiger partial charge in [-0.15, -0.1) is 31.2 Å². The zero-order chi connectivity index (χ0) is 10.9. The Balaban J connectivity index is 0. The van der Waals surface area contributed by atoms with E-state index >= 15 is 0 Å². The summed E-state index contributed by atoms with van der Waals surface area (Å²) in [7, 11) is -0.519. The molecule has 1 radical (unpaired) electrons. The van der Waals surface area contributed by atoms with Gasteiger partial charge in [0.15, 0.2) is 0 Å². The van der Waals surface area contributed by atoms with E-state index in [1.807, 2.05) is 0 Å². The Morgan fingerprint density at radius 1 is 0.667 bits per heavy atom. The Morgan fingerprint density at radius 3 is 1.13 bits per heavy atom. The van der Waals surface area contributed by atoms with Gasteiger partial charge in [-0.25, -0.2) is 0 Å². The Morgan fingerprint density at radius 2 is 0.933 bits per heavy atom. The van der Waals surface area contributed by atoms with Crippen molar-refractivity contribution in [1.29, 1.82) is 0 Å². The third kappa shape index (κ3) is 10.1. The first-order valence-corrected chi connectivity index (χ1v) is 9.31. The molecule has 95 valence electrons. The van der Waals surface area contributed by atoms with E-state index in [0.717, 1.165) is 0 Å². The van der Waals surface area contributed by atoms with Crippen LogP contribution in [0.2, 0.25) is 0 Å². The highest BCUT2D eigenvalue weighted by atomic mass is 127. The van der Waals surface area contributed by atoms with E-state index in [9.17, 15) is 0 Å². The molecule has 0 amide bonds. The van der Waals surface area contributed by atoms with E-state index in [-0.39, 0.29) is 24.0 Å². The lowest BCUT2D eigenvalue weighted by molar-refractivity contribution is 0.838. The molecule has 0 aliphatic heterocycles. The molecule has 0 aromatic heterocycles. The minimum atomic E-state index is -0.519. The van der Waals surface area contributed by atoms with Crippen molar-refractivity contribution < 1.29 is 0 Å². The van der Waals surface area contributed by atoms with Crippen LogP contribution in [0.25, 0.3) is 0 Å². The number of unbranched alkanes of at least 4 members (excludes halogenated alkanes) is 3. The summed E-state index contributed by atoms with van der Waals surface area (Å²) in [5, 5.41) is 0. The van der Waals surface area contributed by atoms with Gasteiger partial charge in [-0.05, 0) is 44.4 Å².